The maximum Gasteiger partial charge on any atom is 0.248 e. The van der Waals surface area contributed by atoms with Gasteiger partial charge in [0, 0.05) is 49.4 Å². The molecule has 38 heavy (non-hydrogen) atoms. The Bertz CT molecular complexity index is 1470. The molecule has 1 amide bonds. The first kappa shape index (κ1) is 25.4. The summed E-state index contributed by atoms with van der Waals surface area (Å²) in [7, 11) is 1.47. The normalized spacial score (nSPS) is 14.0. The van der Waals surface area contributed by atoms with Crippen molar-refractivity contribution in [2.24, 2.45) is 5.73 Å². The van der Waals surface area contributed by atoms with E-state index in [9.17, 15) is 9.18 Å². The Morgan fingerprint density at radius 2 is 2.00 bits per heavy atom. The van der Waals surface area contributed by atoms with Gasteiger partial charge in [-0.3, -0.25) is 9.69 Å². The highest BCUT2D eigenvalue weighted by Crippen LogP contribution is 2.31. The number of anilines is 1. The summed E-state index contributed by atoms with van der Waals surface area (Å²) in [5.41, 5.74) is 9.40. The number of benzene rings is 2. The average molecular weight is 521 g/mol. The van der Waals surface area contributed by atoms with E-state index in [-0.39, 0.29) is 11.6 Å². The van der Waals surface area contributed by atoms with Gasteiger partial charge < -0.3 is 25.3 Å². The van der Waals surface area contributed by atoms with Crippen molar-refractivity contribution >= 4 is 17.2 Å². The van der Waals surface area contributed by atoms with Crippen molar-refractivity contribution in [3.8, 4) is 28.6 Å². The van der Waals surface area contributed by atoms with Gasteiger partial charge in [0.2, 0.25) is 11.8 Å². The number of halogens is 1. The second kappa shape index (κ2) is 11.0. The van der Waals surface area contributed by atoms with Gasteiger partial charge in [-0.1, -0.05) is 6.07 Å². The second-order valence-electron chi connectivity index (χ2n) is 8.95. The van der Waals surface area contributed by atoms with E-state index < -0.39 is 11.7 Å². The van der Waals surface area contributed by atoms with Crippen LogP contribution in [0.15, 0.2) is 48.7 Å². The molecule has 5 rings (SSSR count). The van der Waals surface area contributed by atoms with Crippen LogP contribution in [-0.4, -0.2) is 71.9 Å². The number of morpholine rings is 1. The number of nitrogens with zero attached hydrogens (tertiary/aromatic N) is 4. The van der Waals surface area contributed by atoms with Gasteiger partial charge in [0.05, 0.1) is 37.9 Å². The van der Waals surface area contributed by atoms with Crippen molar-refractivity contribution < 1.29 is 23.4 Å². The number of aryl methyl sites for hydroxylation is 1. The molecule has 3 N–H and O–H groups in total. The molecule has 0 saturated carbocycles. The zero-order valence-corrected chi connectivity index (χ0v) is 21.2. The number of carbonyl (C=O) groups is 1. The maximum absolute atomic E-state index is 14.7. The minimum Gasteiger partial charge on any atom is -0.497 e. The van der Waals surface area contributed by atoms with Crippen LogP contribution in [0.5, 0.6) is 17.4 Å². The molecule has 0 aliphatic carbocycles. The second-order valence-corrected chi connectivity index (χ2v) is 8.95. The monoisotopic (exact) mass is 520 g/mol. The first-order valence-electron chi connectivity index (χ1n) is 12.3. The Morgan fingerprint density at radius 3 is 2.71 bits per heavy atom. The van der Waals surface area contributed by atoms with Gasteiger partial charge in [0.25, 0.3) is 0 Å². The Labute approximate surface area is 219 Å². The third-order valence-corrected chi connectivity index (χ3v) is 6.43. The zero-order chi connectivity index (χ0) is 26.6. The molecule has 198 valence electrons. The van der Waals surface area contributed by atoms with Crippen LogP contribution < -0.4 is 20.5 Å². The highest BCUT2D eigenvalue weighted by atomic mass is 19.1. The third kappa shape index (κ3) is 5.38. The molecule has 2 aromatic carbocycles. The first-order chi connectivity index (χ1) is 18.4. The van der Waals surface area contributed by atoms with E-state index in [4.69, 9.17) is 19.9 Å². The lowest BCUT2D eigenvalue weighted by Gasteiger charge is -2.26. The molecule has 0 spiro atoms. The van der Waals surface area contributed by atoms with E-state index in [1.165, 1.54) is 19.2 Å². The van der Waals surface area contributed by atoms with E-state index in [1.807, 2.05) is 13.0 Å². The largest absolute Gasteiger partial charge is 0.497 e. The topological polar surface area (TPSA) is 116 Å². The van der Waals surface area contributed by atoms with Crippen LogP contribution in [0.25, 0.3) is 16.9 Å². The van der Waals surface area contributed by atoms with Crippen LogP contribution in [0.2, 0.25) is 0 Å². The van der Waals surface area contributed by atoms with Gasteiger partial charge in [-0.25, -0.2) is 13.9 Å². The fourth-order valence-electron chi connectivity index (χ4n) is 4.40. The van der Waals surface area contributed by atoms with Crippen molar-refractivity contribution in [1.82, 2.24) is 19.5 Å². The summed E-state index contributed by atoms with van der Waals surface area (Å²) in [6, 6.07) is 11.4. The highest BCUT2D eigenvalue weighted by Gasteiger charge is 2.17. The number of amides is 1. The minimum atomic E-state index is -0.573. The molecule has 10 nitrogen and oxygen atoms in total. The van der Waals surface area contributed by atoms with E-state index in [2.05, 4.69) is 20.3 Å². The Kier molecular flexibility index (Phi) is 7.38. The fourth-order valence-corrected chi connectivity index (χ4v) is 4.40. The number of imidazole rings is 1. The number of aromatic nitrogens is 3. The van der Waals surface area contributed by atoms with Crippen LogP contribution in [0, 0.1) is 12.7 Å². The van der Waals surface area contributed by atoms with Crippen molar-refractivity contribution in [2.45, 2.75) is 6.92 Å². The van der Waals surface area contributed by atoms with Gasteiger partial charge >= 0.3 is 0 Å². The number of rotatable bonds is 9. The van der Waals surface area contributed by atoms with Crippen molar-refractivity contribution in [3.63, 3.8) is 0 Å². The smallest absolute Gasteiger partial charge is 0.248 e. The minimum absolute atomic E-state index is 0.0141. The molecule has 0 atom stereocenters. The maximum atomic E-state index is 14.7. The van der Waals surface area contributed by atoms with E-state index >= 15 is 0 Å². The lowest BCUT2D eigenvalue weighted by Crippen LogP contribution is -2.39. The van der Waals surface area contributed by atoms with Crippen LogP contribution in [0.4, 0.5) is 10.1 Å². The molecule has 11 heteroatoms. The summed E-state index contributed by atoms with van der Waals surface area (Å²) in [6.07, 6.45) is 1.70. The zero-order valence-electron chi connectivity index (χ0n) is 21.2. The molecule has 1 aliphatic rings. The van der Waals surface area contributed by atoms with E-state index in [0.717, 1.165) is 44.0 Å². The number of nitrogens with one attached hydrogen (secondary N) is 1. The van der Waals surface area contributed by atoms with Gasteiger partial charge in [0.1, 0.15) is 5.75 Å². The molecular formula is C27H29FN6O4. The summed E-state index contributed by atoms with van der Waals surface area (Å²) in [6.45, 7) is 6.51. The van der Waals surface area contributed by atoms with Crippen LogP contribution in [-0.2, 0) is 4.74 Å². The van der Waals surface area contributed by atoms with Gasteiger partial charge in [-0.2, -0.15) is 0 Å². The molecule has 0 unspecified atom stereocenters. The average Bonchev–Trinajstić information content (AvgIpc) is 3.34. The Balaban J connectivity index is 1.50. The van der Waals surface area contributed by atoms with Gasteiger partial charge in [-0.15, -0.1) is 5.10 Å². The SMILES string of the molecule is COc1ccc(Oc2cc(NCCN3CCOCC3)c3ncc(-c4ccc(C(N)=O)c(C)c4)n3n2)c(F)c1. The number of methoxy groups -OCH3 is 1. The summed E-state index contributed by atoms with van der Waals surface area (Å²) in [5, 5.41) is 8.05. The number of carbonyl (C=O) groups excluding carboxylic acids is 1. The molecule has 2 aromatic heterocycles. The van der Waals surface area contributed by atoms with E-state index in [0.29, 0.717) is 34.9 Å². The molecule has 1 aliphatic heterocycles. The molecule has 1 fully saturated rings. The number of hydrogen-bond acceptors (Lipinski definition) is 8. The van der Waals surface area contributed by atoms with Crippen molar-refractivity contribution in [2.75, 3.05) is 51.8 Å². The fraction of sp³-hybridized carbons (Fsp3) is 0.296. The molecule has 0 bridgehead atoms. The Hall–Kier alpha value is -4.22. The van der Waals surface area contributed by atoms with Gasteiger partial charge in [0.15, 0.2) is 17.2 Å². The van der Waals surface area contributed by atoms with Crippen molar-refractivity contribution in [1.29, 1.82) is 0 Å². The summed E-state index contributed by atoms with van der Waals surface area (Å²) in [5.74, 6) is -0.485. The molecule has 1 saturated heterocycles. The molecule has 0 radical (unpaired) electrons. The van der Waals surface area contributed by atoms with Crippen molar-refractivity contribution in [3.05, 3.63) is 65.6 Å². The summed E-state index contributed by atoms with van der Waals surface area (Å²) >= 11 is 0. The number of fused-ring (bicyclic) bond motifs is 1. The third-order valence-electron chi connectivity index (χ3n) is 6.43. The number of nitrogens with two attached hydrogens (primary N) is 1. The van der Waals surface area contributed by atoms with E-state index in [1.54, 1.807) is 35.0 Å². The summed E-state index contributed by atoms with van der Waals surface area (Å²) < 4.78 is 32.7. The lowest BCUT2D eigenvalue weighted by atomic mass is 10.0. The number of primary amides is 1. The first-order valence-corrected chi connectivity index (χ1v) is 12.3. The molecular weight excluding hydrogens is 491 g/mol. The van der Waals surface area contributed by atoms with Crippen LogP contribution in [0.3, 0.4) is 0 Å². The number of hydrogen-bond donors (Lipinski definition) is 2. The highest BCUT2D eigenvalue weighted by molar-refractivity contribution is 5.94. The lowest BCUT2D eigenvalue weighted by molar-refractivity contribution is 0.0398. The quantitative estimate of drug-likeness (QED) is 0.345. The molecule has 3 heterocycles. The van der Waals surface area contributed by atoms with Crippen LogP contribution in [0.1, 0.15) is 15.9 Å². The summed E-state index contributed by atoms with van der Waals surface area (Å²) in [4.78, 5) is 18.6. The Morgan fingerprint density at radius 1 is 1.18 bits per heavy atom. The molecule has 4 aromatic rings. The standard InChI is InChI=1S/C27H29FN6O4/c1-17-13-18(3-5-20(17)26(29)35)23-16-31-27-22(30-7-8-33-9-11-37-12-10-33)15-25(32-34(23)27)38-24-6-4-19(36-2)14-21(24)28/h3-6,13-16,30H,7-12H2,1-2H3,(H2,29,35). The number of ether oxygens (including phenoxy) is 3. The predicted octanol–water partition coefficient (Wildman–Crippen LogP) is 3.49. The van der Waals surface area contributed by atoms with Gasteiger partial charge in [-0.05, 0) is 36.8 Å². The van der Waals surface area contributed by atoms with Crippen LogP contribution >= 0.6 is 0 Å². The predicted molar refractivity (Wildman–Crippen MR) is 140 cm³/mol.